The number of aromatic hydroxyl groups is 1. The summed E-state index contributed by atoms with van der Waals surface area (Å²) in [6.07, 6.45) is 0. The molecule has 18 heavy (non-hydrogen) atoms. The lowest BCUT2D eigenvalue weighted by Gasteiger charge is -2.08. The van der Waals surface area contributed by atoms with Crippen LogP contribution in [0, 0.1) is 0 Å². The first kappa shape index (κ1) is 12.5. The van der Waals surface area contributed by atoms with Crippen molar-refractivity contribution < 1.29 is 9.90 Å². The Kier molecular flexibility index (Phi) is 3.53. The van der Waals surface area contributed by atoms with Crippen LogP contribution in [0.5, 0.6) is 5.75 Å². The Morgan fingerprint density at radius 1 is 1.17 bits per heavy atom. The van der Waals surface area contributed by atoms with Gasteiger partial charge in [-0.05, 0) is 35.9 Å². The molecule has 0 saturated heterocycles. The van der Waals surface area contributed by atoms with E-state index in [2.05, 4.69) is 5.32 Å². The number of phenols is 1. The Hall–Kier alpha value is -2.00. The number of halogens is 1. The Labute approximate surface area is 110 Å². The lowest BCUT2D eigenvalue weighted by atomic mass is 10.0. The molecule has 0 atom stereocenters. The van der Waals surface area contributed by atoms with Gasteiger partial charge in [0.05, 0.1) is 0 Å². The zero-order valence-electron chi connectivity index (χ0n) is 9.77. The summed E-state index contributed by atoms with van der Waals surface area (Å²) in [6.45, 7) is 1.44. The maximum Gasteiger partial charge on any atom is 0.221 e. The van der Waals surface area contributed by atoms with Crippen LogP contribution in [0.3, 0.4) is 0 Å². The van der Waals surface area contributed by atoms with Crippen molar-refractivity contribution >= 4 is 23.2 Å². The predicted molar refractivity (Wildman–Crippen MR) is 72.9 cm³/mol. The van der Waals surface area contributed by atoms with Gasteiger partial charge >= 0.3 is 0 Å². The molecule has 0 spiro atoms. The second-order valence-electron chi connectivity index (χ2n) is 3.92. The minimum absolute atomic E-state index is 0.150. The molecule has 92 valence electrons. The Morgan fingerprint density at radius 3 is 2.44 bits per heavy atom. The van der Waals surface area contributed by atoms with Crippen molar-refractivity contribution in [1.82, 2.24) is 0 Å². The van der Waals surface area contributed by atoms with Gasteiger partial charge in [0, 0.05) is 23.2 Å². The van der Waals surface area contributed by atoms with Crippen LogP contribution in [0.25, 0.3) is 11.1 Å². The normalized spacial score (nSPS) is 10.1. The summed E-state index contributed by atoms with van der Waals surface area (Å²) in [5.41, 5.74) is 2.13. The molecule has 0 aliphatic carbocycles. The minimum atomic E-state index is -0.150. The average Bonchev–Trinajstić information content (AvgIpc) is 2.32. The van der Waals surface area contributed by atoms with E-state index in [0.29, 0.717) is 16.3 Å². The standard InChI is InChI=1S/C14H12ClNO2/c1-9(17)16-12-6-7-14(18)13(8-12)10-2-4-11(15)5-3-10/h2-8,18H,1H3,(H,16,17). The molecule has 0 fully saturated rings. The average molecular weight is 262 g/mol. The van der Waals surface area contributed by atoms with Crippen molar-refractivity contribution in [1.29, 1.82) is 0 Å². The molecule has 0 aliphatic rings. The van der Waals surface area contributed by atoms with Crippen LogP contribution >= 0.6 is 11.6 Å². The second kappa shape index (κ2) is 5.10. The number of amides is 1. The molecule has 3 nitrogen and oxygen atoms in total. The van der Waals surface area contributed by atoms with Crippen molar-refractivity contribution in [2.75, 3.05) is 5.32 Å². The molecule has 2 aromatic rings. The van der Waals surface area contributed by atoms with Crippen LogP contribution in [-0.4, -0.2) is 11.0 Å². The van der Waals surface area contributed by atoms with E-state index in [0.717, 1.165) is 5.56 Å². The van der Waals surface area contributed by atoms with Gasteiger partial charge in [-0.2, -0.15) is 0 Å². The molecule has 0 bridgehead atoms. The summed E-state index contributed by atoms with van der Waals surface area (Å²) in [6, 6.07) is 12.1. The first-order valence-corrected chi connectivity index (χ1v) is 5.80. The van der Waals surface area contributed by atoms with Crippen LogP contribution < -0.4 is 5.32 Å². The quantitative estimate of drug-likeness (QED) is 0.811. The molecule has 0 unspecified atom stereocenters. The van der Waals surface area contributed by atoms with Gasteiger partial charge in [0.1, 0.15) is 5.75 Å². The van der Waals surface area contributed by atoms with Gasteiger partial charge in [-0.25, -0.2) is 0 Å². The number of nitrogens with one attached hydrogen (secondary N) is 1. The van der Waals surface area contributed by atoms with Gasteiger partial charge in [0.2, 0.25) is 5.91 Å². The monoisotopic (exact) mass is 261 g/mol. The third-order valence-electron chi connectivity index (χ3n) is 2.47. The highest BCUT2D eigenvalue weighted by Gasteiger charge is 2.06. The molecule has 1 amide bonds. The molecular formula is C14H12ClNO2. The van der Waals surface area contributed by atoms with Gasteiger partial charge in [-0.15, -0.1) is 0 Å². The summed E-state index contributed by atoms with van der Waals surface area (Å²) in [5, 5.41) is 13.2. The lowest BCUT2D eigenvalue weighted by Crippen LogP contribution is -2.05. The van der Waals surface area contributed by atoms with Crippen LogP contribution in [0.4, 0.5) is 5.69 Å². The van der Waals surface area contributed by atoms with Gasteiger partial charge < -0.3 is 10.4 Å². The van der Waals surface area contributed by atoms with Crippen LogP contribution in [0.15, 0.2) is 42.5 Å². The zero-order valence-corrected chi connectivity index (χ0v) is 10.5. The second-order valence-corrected chi connectivity index (χ2v) is 4.36. The van der Waals surface area contributed by atoms with Crippen molar-refractivity contribution in [3.63, 3.8) is 0 Å². The summed E-state index contributed by atoms with van der Waals surface area (Å²) in [7, 11) is 0. The largest absolute Gasteiger partial charge is 0.507 e. The fourth-order valence-corrected chi connectivity index (χ4v) is 1.80. The number of hydrogen-bond donors (Lipinski definition) is 2. The third kappa shape index (κ3) is 2.81. The van der Waals surface area contributed by atoms with E-state index in [9.17, 15) is 9.90 Å². The molecule has 4 heteroatoms. The van der Waals surface area contributed by atoms with Crippen LogP contribution in [-0.2, 0) is 4.79 Å². The smallest absolute Gasteiger partial charge is 0.221 e. The molecule has 0 heterocycles. The van der Waals surface area contributed by atoms with E-state index in [1.165, 1.54) is 6.92 Å². The van der Waals surface area contributed by atoms with Gasteiger partial charge in [0.15, 0.2) is 0 Å². The van der Waals surface area contributed by atoms with E-state index < -0.39 is 0 Å². The Bertz CT molecular complexity index is 579. The number of phenolic OH excluding ortho intramolecular Hbond substituents is 1. The van der Waals surface area contributed by atoms with Gasteiger partial charge in [-0.1, -0.05) is 23.7 Å². The predicted octanol–water partition coefficient (Wildman–Crippen LogP) is 3.67. The molecule has 2 N–H and O–H groups in total. The lowest BCUT2D eigenvalue weighted by molar-refractivity contribution is -0.114. The van der Waals surface area contributed by atoms with E-state index in [1.54, 1.807) is 30.3 Å². The topological polar surface area (TPSA) is 49.3 Å². The maximum atomic E-state index is 11.0. The highest BCUT2D eigenvalue weighted by Crippen LogP contribution is 2.32. The molecule has 2 aromatic carbocycles. The minimum Gasteiger partial charge on any atom is -0.507 e. The van der Waals surface area contributed by atoms with Crippen LogP contribution in [0.2, 0.25) is 5.02 Å². The molecule has 0 radical (unpaired) electrons. The number of hydrogen-bond acceptors (Lipinski definition) is 2. The van der Waals surface area contributed by atoms with E-state index in [4.69, 9.17) is 11.6 Å². The SMILES string of the molecule is CC(=O)Nc1ccc(O)c(-c2ccc(Cl)cc2)c1. The summed E-state index contributed by atoms with van der Waals surface area (Å²) < 4.78 is 0. The fraction of sp³-hybridized carbons (Fsp3) is 0.0714. The first-order valence-electron chi connectivity index (χ1n) is 5.43. The van der Waals surface area contributed by atoms with Gasteiger partial charge in [0.25, 0.3) is 0 Å². The fourth-order valence-electron chi connectivity index (χ4n) is 1.68. The van der Waals surface area contributed by atoms with E-state index >= 15 is 0 Å². The van der Waals surface area contributed by atoms with Crippen molar-refractivity contribution in [3.8, 4) is 16.9 Å². The molecular weight excluding hydrogens is 250 g/mol. The number of carbonyl (C=O) groups excluding carboxylic acids is 1. The number of carbonyl (C=O) groups is 1. The Morgan fingerprint density at radius 2 is 1.83 bits per heavy atom. The zero-order chi connectivity index (χ0) is 13.1. The van der Waals surface area contributed by atoms with Crippen LogP contribution in [0.1, 0.15) is 6.92 Å². The molecule has 2 rings (SSSR count). The molecule has 0 aromatic heterocycles. The first-order chi connectivity index (χ1) is 8.56. The van der Waals surface area contributed by atoms with E-state index in [1.807, 2.05) is 12.1 Å². The maximum absolute atomic E-state index is 11.0. The number of rotatable bonds is 2. The van der Waals surface area contributed by atoms with Crippen molar-refractivity contribution in [3.05, 3.63) is 47.5 Å². The number of anilines is 1. The molecule has 0 aliphatic heterocycles. The summed E-state index contributed by atoms with van der Waals surface area (Å²) >= 11 is 5.82. The van der Waals surface area contributed by atoms with E-state index in [-0.39, 0.29) is 11.7 Å². The summed E-state index contributed by atoms with van der Waals surface area (Å²) in [5.74, 6) is 0.00849. The summed E-state index contributed by atoms with van der Waals surface area (Å²) in [4.78, 5) is 11.0. The Balaban J connectivity index is 2.42. The third-order valence-corrected chi connectivity index (χ3v) is 2.72. The van der Waals surface area contributed by atoms with Gasteiger partial charge in [-0.3, -0.25) is 4.79 Å². The highest BCUT2D eigenvalue weighted by molar-refractivity contribution is 6.30. The van der Waals surface area contributed by atoms with Crippen molar-refractivity contribution in [2.45, 2.75) is 6.92 Å². The molecule has 0 saturated carbocycles. The van der Waals surface area contributed by atoms with Crippen molar-refractivity contribution in [2.24, 2.45) is 0 Å². The number of benzene rings is 2. The highest BCUT2D eigenvalue weighted by atomic mass is 35.5.